The minimum atomic E-state index is -0.212. The molecule has 2 N–H and O–H groups in total. The number of carbonyl (C=O) groups excluding carboxylic acids is 1. The third-order valence-corrected chi connectivity index (χ3v) is 4.22. The number of amides is 1. The molecule has 0 aliphatic carbocycles. The van der Waals surface area contributed by atoms with Crippen LogP contribution in [0.1, 0.15) is 37.1 Å². The van der Waals surface area contributed by atoms with Crippen LogP contribution in [-0.2, 0) is 4.79 Å². The molecule has 7 heteroatoms. The number of aromatic nitrogens is 3. The minimum absolute atomic E-state index is 0.0681. The van der Waals surface area contributed by atoms with E-state index in [1.807, 2.05) is 19.9 Å². The number of hydrogen-bond donors (Lipinski definition) is 2. The van der Waals surface area contributed by atoms with Gasteiger partial charge < -0.3 is 4.52 Å². The molecule has 1 fully saturated rings. The fraction of sp³-hybridized carbons (Fsp3) is 0.533. The van der Waals surface area contributed by atoms with Gasteiger partial charge in [0.25, 0.3) is 0 Å². The molecule has 2 aromatic heterocycles. The van der Waals surface area contributed by atoms with E-state index in [2.05, 4.69) is 25.6 Å². The maximum Gasteiger partial charge on any atom is 0.243 e. The Morgan fingerprint density at radius 2 is 2.45 bits per heavy atom. The number of rotatable bonds is 4. The SMILES string of the molecule is Cc1cc(NC(=O)[C@H](C)N2CCC[C@@H](c3ccn[nH]3)C2)on1. The van der Waals surface area contributed by atoms with E-state index >= 15 is 0 Å². The second-order valence-electron chi connectivity index (χ2n) is 5.84. The number of piperidine rings is 1. The number of nitrogens with zero attached hydrogens (tertiary/aromatic N) is 3. The van der Waals surface area contributed by atoms with Gasteiger partial charge in [-0.05, 0) is 39.3 Å². The average Bonchev–Trinajstić information content (AvgIpc) is 3.18. The van der Waals surface area contributed by atoms with Gasteiger partial charge in [-0.2, -0.15) is 5.10 Å². The van der Waals surface area contributed by atoms with Gasteiger partial charge in [0.2, 0.25) is 11.8 Å². The van der Waals surface area contributed by atoms with Crippen molar-refractivity contribution in [3.05, 3.63) is 29.7 Å². The van der Waals surface area contributed by atoms with E-state index in [1.54, 1.807) is 12.3 Å². The number of H-pyrrole nitrogens is 1. The molecule has 0 spiro atoms. The molecule has 1 aliphatic rings. The van der Waals surface area contributed by atoms with Crippen molar-refractivity contribution in [3.63, 3.8) is 0 Å². The van der Waals surface area contributed by atoms with E-state index in [0.29, 0.717) is 11.8 Å². The molecule has 2 atom stereocenters. The fourth-order valence-corrected chi connectivity index (χ4v) is 2.92. The van der Waals surface area contributed by atoms with Crippen LogP contribution in [0.2, 0.25) is 0 Å². The van der Waals surface area contributed by atoms with Gasteiger partial charge in [0, 0.05) is 30.4 Å². The molecule has 7 nitrogen and oxygen atoms in total. The van der Waals surface area contributed by atoms with Crippen molar-refractivity contribution in [1.82, 2.24) is 20.3 Å². The summed E-state index contributed by atoms with van der Waals surface area (Å²) in [6.45, 7) is 5.52. The van der Waals surface area contributed by atoms with Crippen LogP contribution in [0.15, 0.2) is 22.9 Å². The van der Waals surface area contributed by atoms with Crippen LogP contribution in [0.3, 0.4) is 0 Å². The van der Waals surface area contributed by atoms with E-state index in [-0.39, 0.29) is 11.9 Å². The number of aryl methyl sites for hydroxylation is 1. The van der Waals surface area contributed by atoms with Crippen molar-refractivity contribution >= 4 is 11.8 Å². The number of aromatic amines is 1. The third-order valence-electron chi connectivity index (χ3n) is 4.22. The predicted molar refractivity (Wildman–Crippen MR) is 81.5 cm³/mol. The molecule has 118 valence electrons. The zero-order chi connectivity index (χ0) is 15.5. The largest absolute Gasteiger partial charge is 0.338 e. The molecule has 0 unspecified atom stereocenters. The summed E-state index contributed by atoms with van der Waals surface area (Å²) in [7, 11) is 0. The molecule has 1 amide bonds. The van der Waals surface area contributed by atoms with Gasteiger partial charge in [-0.25, -0.2) is 0 Å². The fourth-order valence-electron chi connectivity index (χ4n) is 2.92. The Balaban J connectivity index is 1.61. The van der Waals surface area contributed by atoms with Crippen molar-refractivity contribution in [3.8, 4) is 0 Å². The normalized spacial score (nSPS) is 20.7. The highest BCUT2D eigenvalue weighted by atomic mass is 16.5. The van der Waals surface area contributed by atoms with Crippen LogP contribution in [0.5, 0.6) is 0 Å². The molecular weight excluding hydrogens is 282 g/mol. The Kier molecular flexibility index (Phi) is 4.24. The Labute approximate surface area is 129 Å². The van der Waals surface area contributed by atoms with Crippen LogP contribution < -0.4 is 5.32 Å². The van der Waals surface area contributed by atoms with Crippen LogP contribution in [0.4, 0.5) is 5.88 Å². The van der Waals surface area contributed by atoms with Crippen LogP contribution in [0.25, 0.3) is 0 Å². The van der Waals surface area contributed by atoms with Gasteiger partial charge >= 0.3 is 0 Å². The predicted octanol–water partition coefficient (Wildman–Crippen LogP) is 1.91. The molecule has 2 aromatic rings. The van der Waals surface area contributed by atoms with E-state index in [9.17, 15) is 4.79 Å². The smallest absolute Gasteiger partial charge is 0.243 e. The monoisotopic (exact) mass is 303 g/mol. The summed E-state index contributed by atoms with van der Waals surface area (Å²) in [4.78, 5) is 14.6. The Hall–Kier alpha value is -2.15. The molecule has 0 radical (unpaired) electrons. The summed E-state index contributed by atoms with van der Waals surface area (Å²) in [5.41, 5.74) is 1.89. The third kappa shape index (κ3) is 3.19. The lowest BCUT2D eigenvalue weighted by Gasteiger charge is -2.35. The lowest BCUT2D eigenvalue weighted by Crippen LogP contribution is -2.46. The van der Waals surface area contributed by atoms with Crippen molar-refractivity contribution in [2.45, 2.75) is 38.6 Å². The first-order valence-corrected chi connectivity index (χ1v) is 7.61. The van der Waals surface area contributed by atoms with Crippen LogP contribution in [-0.4, -0.2) is 45.3 Å². The Bertz CT molecular complexity index is 622. The average molecular weight is 303 g/mol. The first-order chi connectivity index (χ1) is 10.6. The Morgan fingerprint density at radius 1 is 1.59 bits per heavy atom. The van der Waals surface area contributed by atoms with E-state index < -0.39 is 0 Å². The molecule has 3 rings (SSSR count). The topological polar surface area (TPSA) is 87.0 Å². The zero-order valence-electron chi connectivity index (χ0n) is 12.9. The van der Waals surface area contributed by atoms with E-state index in [1.165, 1.54) is 0 Å². The van der Waals surface area contributed by atoms with Crippen molar-refractivity contribution < 1.29 is 9.32 Å². The number of carbonyl (C=O) groups is 1. The standard InChI is InChI=1S/C15H21N5O2/c1-10-8-14(22-19-10)17-15(21)11(2)20-7-3-4-12(9-20)13-5-6-16-18-13/h5-6,8,11-12H,3-4,7,9H2,1-2H3,(H,16,18)(H,17,21)/t11-,12+/m0/s1. The molecule has 1 aliphatic heterocycles. The first kappa shape index (κ1) is 14.8. The van der Waals surface area contributed by atoms with E-state index in [4.69, 9.17) is 4.52 Å². The second kappa shape index (κ2) is 6.31. The van der Waals surface area contributed by atoms with Crippen LogP contribution >= 0.6 is 0 Å². The highest BCUT2D eigenvalue weighted by Crippen LogP contribution is 2.26. The van der Waals surface area contributed by atoms with Gasteiger partial charge in [-0.1, -0.05) is 5.16 Å². The summed E-state index contributed by atoms with van der Waals surface area (Å²) in [6.07, 6.45) is 3.97. The maximum atomic E-state index is 12.4. The Morgan fingerprint density at radius 3 is 3.14 bits per heavy atom. The van der Waals surface area contributed by atoms with E-state index in [0.717, 1.165) is 37.3 Å². The maximum absolute atomic E-state index is 12.4. The second-order valence-corrected chi connectivity index (χ2v) is 5.84. The van der Waals surface area contributed by atoms with Gasteiger partial charge in [0.15, 0.2) is 0 Å². The molecule has 0 bridgehead atoms. The van der Waals surface area contributed by atoms with Crippen molar-refractivity contribution in [2.24, 2.45) is 0 Å². The number of nitrogens with one attached hydrogen (secondary N) is 2. The van der Waals surface area contributed by atoms with Gasteiger partial charge in [0.05, 0.1) is 11.7 Å². The number of anilines is 1. The first-order valence-electron chi connectivity index (χ1n) is 7.61. The number of hydrogen-bond acceptors (Lipinski definition) is 5. The lowest BCUT2D eigenvalue weighted by atomic mass is 9.94. The quantitative estimate of drug-likeness (QED) is 0.901. The summed E-state index contributed by atoms with van der Waals surface area (Å²) in [5.74, 6) is 0.733. The van der Waals surface area contributed by atoms with Crippen LogP contribution in [0, 0.1) is 6.92 Å². The summed E-state index contributed by atoms with van der Waals surface area (Å²) >= 11 is 0. The van der Waals surface area contributed by atoms with Gasteiger partial charge in [0.1, 0.15) is 0 Å². The molecule has 0 aromatic carbocycles. The minimum Gasteiger partial charge on any atom is -0.338 e. The molecule has 0 saturated carbocycles. The number of likely N-dealkylation sites (tertiary alicyclic amines) is 1. The summed E-state index contributed by atoms with van der Waals surface area (Å²) in [6, 6.07) is 3.51. The highest BCUT2D eigenvalue weighted by Gasteiger charge is 2.29. The molecule has 3 heterocycles. The zero-order valence-corrected chi connectivity index (χ0v) is 12.9. The van der Waals surface area contributed by atoms with Gasteiger partial charge in [-0.3, -0.25) is 20.1 Å². The lowest BCUT2D eigenvalue weighted by molar-refractivity contribution is -0.121. The highest BCUT2D eigenvalue weighted by molar-refractivity contribution is 5.93. The molecule has 22 heavy (non-hydrogen) atoms. The summed E-state index contributed by atoms with van der Waals surface area (Å²) < 4.78 is 5.04. The molecular formula is C15H21N5O2. The van der Waals surface area contributed by atoms with Crippen molar-refractivity contribution in [1.29, 1.82) is 0 Å². The van der Waals surface area contributed by atoms with Crippen molar-refractivity contribution in [2.75, 3.05) is 18.4 Å². The van der Waals surface area contributed by atoms with Gasteiger partial charge in [-0.15, -0.1) is 0 Å². The summed E-state index contributed by atoms with van der Waals surface area (Å²) in [5, 5.41) is 13.6. The molecule has 1 saturated heterocycles.